The first-order valence-corrected chi connectivity index (χ1v) is 9.08. The van der Waals surface area contributed by atoms with E-state index in [1.165, 1.54) is 29.2 Å². The van der Waals surface area contributed by atoms with Crippen LogP contribution in [0, 0.1) is 25.3 Å². The summed E-state index contributed by atoms with van der Waals surface area (Å²) in [6.07, 6.45) is 0. The SMILES string of the molecule is CN(C)CCN(Cc1ccc(F)cc1F)C(=O)c1ccc([N+](=O)[O-])cc1I. The van der Waals surface area contributed by atoms with E-state index in [0.29, 0.717) is 22.2 Å². The molecule has 0 heterocycles. The highest BCUT2D eigenvalue weighted by atomic mass is 127. The highest BCUT2D eigenvalue weighted by molar-refractivity contribution is 14.1. The number of likely N-dealkylation sites (N-methyl/N-ethyl adjacent to an activating group) is 1. The molecule has 0 aliphatic carbocycles. The lowest BCUT2D eigenvalue weighted by Crippen LogP contribution is -2.36. The van der Waals surface area contributed by atoms with Crippen LogP contribution in [0.5, 0.6) is 0 Å². The molecule has 0 saturated carbocycles. The maximum atomic E-state index is 14.0. The summed E-state index contributed by atoms with van der Waals surface area (Å²) in [5, 5.41) is 10.9. The van der Waals surface area contributed by atoms with Crippen LogP contribution in [0.2, 0.25) is 0 Å². The first-order chi connectivity index (χ1) is 12.7. The molecular weight excluding hydrogens is 471 g/mol. The van der Waals surface area contributed by atoms with Gasteiger partial charge in [0.05, 0.1) is 10.5 Å². The maximum absolute atomic E-state index is 14.0. The van der Waals surface area contributed by atoms with E-state index in [9.17, 15) is 23.7 Å². The molecule has 0 atom stereocenters. The minimum atomic E-state index is -0.726. The lowest BCUT2D eigenvalue weighted by atomic mass is 10.1. The van der Waals surface area contributed by atoms with E-state index in [-0.39, 0.29) is 23.7 Å². The number of amides is 1. The van der Waals surface area contributed by atoms with Crippen molar-refractivity contribution in [2.45, 2.75) is 6.54 Å². The standard InChI is InChI=1S/C18H18F2IN3O3/c1-22(2)7-8-23(11-12-3-4-13(19)9-16(12)20)18(25)15-6-5-14(24(26)27)10-17(15)21/h3-6,9-10H,7-8,11H2,1-2H3. The highest BCUT2D eigenvalue weighted by Gasteiger charge is 2.21. The molecule has 9 heteroatoms. The summed E-state index contributed by atoms with van der Waals surface area (Å²) in [7, 11) is 3.69. The molecule has 2 aromatic rings. The third kappa shape index (κ3) is 5.67. The Labute approximate surface area is 169 Å². The van der Waals surface area contributed by atoms with Crippen LogP contribution in [0.25, 0.3) is 0 Å². The van der Waals surface area contributed by atoms with Gasteiger partial charge in [0.15, 0.2) is 0 Å². The van der Waals surface area contributed by atoms with Gasteiger partial charge in [-0.25, -0.2) is 8.78 Å². The molecule has 27 heavy (non-hydrogen) atoms. The quantitative estimate of drug-likeness (QED) is 0.338. The molecule has 0 aliphatic rings. The Morgan fingerprint density at radius 3 is 2.41 bits per heavy atom. The molecule has 6 nitrogen and oxygen atoms in total. The van der Waals surface area contributed by atoms with Gasteiger partial charge < -0.3 is 9.80 Å². The zero-order chi connectivity index (χ0) is 20.1. The van der Waals surface area contributed by atoms with Crippen molar-refractivity contribution < 1.29 is 18.5 Å². The zero-order valence-corrected chi connectivity index (χ0v) is 16.9. The van der Waals surface area contributed by atoms with Crippen LogP contribution >= 0.6 is 22.6 Å². The molecule has 2 rings (SSSR count). The molecular formula is C18H18F2IN3O3. The topological polar surface area (TPSA) is 66.7 Å². The molecule has 0 aromatic heterocycles. The smallest absolute Gasteiger partial charge is 0.270 e. The number of carbonyl (C=O) groups is 1. The predicted octanol–water partition coefficient (Wildman–Crippen LogP) is 3.68. The van der Waals surface area contributed by atoms with Gasteiger partial charge >= 0.3 is 0 Å². The summed E-state index contributed by atoms with van der Waals surface area (Å²) >= 11 is 1.87. The number of halogens is 3. The Hall–Kier alpha value is -2.14. The number of nitrogens with zero attached hydrogens (tertiary/aromatic N) is 3. The molecule has 0 bridgehead atoms. The molecule has 144 valence electrons. The van der Waals surface area contributed by atoms with Crippen molar-refractivity contribution in [1.82, 2.24) is 9.80 Å². The second-order valence-electron chi connectivity index (χ2n) is 6.19. The number of nitro benzene ring substituents is 1. The highest BCUT2D eigenvalue weighted by Crippen LogP contribution is 2.22. The summed E-state index contributed by atoms with van der Waals surface area (Å²) in [5.41, 5.74) is 0.378. The number of carbonyl (C=O) groups excluding carboxylic acids is 1. The number of nitro groups is 1. The van der Waals surface area contributed by atoms with E-state index in [1.54, 1.807) is 0 Å². The molecule has 0 fully saturated rings. The maximum Gasteiger partial charge on any atom is 0.270 e. The molecule has 0 spiro atoms. The average molecular weight is 489 g/mol. The fraction of sp³-hybridized carbons (Fsp3) is 0.278. The predicted molar refractivity (Wildman–Crippen MR) is 105 cm³/mol. The number of hydrogen-bond acceptors (Lipinski definition) is 4. The van der Waals surface area contributed by atoms with Gasteiger partial charge in [0.25, 0.3) is 11.6 Å². The molecule has 0 saturated heterocycles. The fourth-order valence-corrected chi connectivity index (χ4v) is 3.12. The van der Waals surface area contributed by atoms with Gasteiger partial charge in [-0.2, -0.15) is 0 Å². The first-order valence-electron chi connectivity index (χ1n) is 8.01. The van der Waals surface area contributed by atoms with Gasteiger partial charge in [0.2, 0.25) is 0 Å². The van der Waals surface area contributed by atoms with Crippen molar-refractivity contribution in [3.8, 4) is 0 Å². The normalized spacial score (nSPS) is 10.9. The van der Waals surface area contributed by atoms with E-state index in [0.717, 1.165) is 12.1 Å². The van der Waals surface area contributed by atoms with Crippen molar-refractivity contribution in [3.63, 3.8) is 0 Å². The summed E-state index contributed by atoms with van der Waals surface area (Å²) in [6, 6.07) is 7.20. The summed E-state index contributed by atoms with van der Waals surface area (Å²) in [4.78, 5) is 26.6. The largest absolute Gasteiger partial charge is 0.333 e. The van der Waals surface area contributed by atoms with Crippen LogP contribution in [0.4, 0.5) is 14.5 Å². The van der Waals surface area contributed by atoms with E-state index < -0.39 is 16.6 Å². The molecule has 1 amide bonds. The van der Waals surface area contributed by atoms with Crippen LogP contribution in [0.1, 0.15) is 15.9 Å². The van der Waals surface area contributed by atoms with Gasteiger partial charge in [-0.3, -0.25) is 14.9 Å². The van der Waals surface area contributed by atoms with E-state index in [4.69, 9.17) is 0 Å². The van der Waals surface area contributed by atoms with Gasteiger partial charge in [-0.1, -0.05) is 6.07 Å². The molecule has 0 unspecified atom stereocenters. The molecule has 0 aliphatic heterocycles. The third-order valence-electron chi connectivity index (χ3n) is 3.87. The molecule has 0 radical (unpaired) electrons. The first kappa shape index (κ1) is 21.2. The number of non-ortho nitro benzene ring substituents is 1. The lowest BCUT2D eigenvalue weighted by Gasteiger charge is -2.25. The van der Waals surface area contributed by atoms with Crippen LogP contribution < -0.4 is 0 Å². The minimum Gasteiger partial charge on any atom is -0.333 e. The Bertz CT molecular complexity index is 862. The second kappa shape index (κ2) is 9.18. The van der Waals surface area contributed by atoms with Crippen molar-refractivity contribution in [3.05, 3.63) is 72.8 Å². The van der Waals surface area contributed by atoms with Crippen LogP contribution in [-0.2, 0) is 6.54 Å². The van der Waals surface area contributed by atoms with Gasteiger partial charge in [0.1, 0.15) is 11.6 Å². The van der Waals surface area contributed by atoms with Crippen molar-refractivity contribution >= 4 is 34.2 Å². The van der Waals surface area contributed by atoms with Crippen LogP contribution in [0.3, 0.4) is 0 Å². The average Bonchev–Trinajstić information content (AvgIpc) is 2.59. The minimum absolute atomic E-state index is 0.0359. The Morgan fingerprint density at radius 1 is 1.15 bits per heavy atom. The Balaban J connectivity index is 2.32. The van der Waals surface area contributed by atoms with Crippen molar-refractivity contribution in [1.29, 1.82) is 0 Å². The zero-order valence-electron chi connectivity index (χ0n) is 14.8. The van der Waals surface area contributed by atoms with E-state index in [1.807, 2.05) is 41.6 Å². The Kier molecular flexibility index (Phi) is 7.19. The fourth-order valence-electron chi connectivity index (χ4n) is 2.39. The lowest BCUT2D eigenvalue weighted by molar-refractivity contribution is -0.384. The van der Waals surface area contributed by atoms with Gasteiger partial charge in [-0.05, 0) is 48.8 Å². The van der Waals surface area contributed by atoms with Gasteiger partial charge in [-0.15, -0.1) is 0 Å². The summed E-state index contributed by atoms with van der Waals surface area (Å²) < 4.78 is 27.6. The van der Waals surface area contributed by atoms with E-state index in [2.05, 4.69) is 0 Å². The second-order valence-corrected chi connectivity index (χ2v) is 7.35. The number of benzene rings is 2. The Morgan fingerprint density at radius 2 is 1.85 bits per heavy atom. The van der Waals surface area contributed by atoms with E-state index >= 15 is 0 Å². The third-order valence-corrected chi connectivity index (χ3v) is 4.77. The molecule has 2 aromatic carbocycles. The van der Waals surface area contributed by atoms with Crippen molar-refractivity contribution in [2.24, 2.45) is 0 Å². The summed E-state index contributed by atoms with van der Waals surface area (Å²) in [6.45, 7) is 0.819. The van der Waals surface area contributed by atoms with Gasteiger partial charge in [0, 0.05) is 47.0 Å². The summed E-state index contributed by atoms with van der Waals surface area (Å²) in [5.74, 6) is -1.79. The van der Waals surface area contributed by atoms with Crippen LogP contribution in [0.15, 0.2) is 36.4 Å². The van der Waals surface area contributed by atoms with Crippen molar-refractivity contribution in [2.75, 3.05) is 27.2 Å². The monoisotopic (exact) mass is 489 g/mol. The number of rotatable bonds is 7. The molecule has 0 N–H and O–H groups in total. The van der Waals surface area contributed by atoms with Crippen LogP contribution in [-0.4, -0.2) is 47.8 Å². The number of hydrogen-bond donors (Lipinski definition) is 0.